The number of hydrogen-bond donors (Lipinski definition) is 0. The molecule has 0 amide bonds. The van der Waals surface area contributed by atoms with Crippen molar-refractivity contribution in [2.24, 2.45) is 0 Å². The van der Waals surface area contributed by atoms with E-state index in [2.05, 4.69) is 31.9 Å². The highest BCUT2D eigenvalue weighted by Gasteiger charge is 2.07. The Bertz CT molecular complexity index is 529. The molecule has 0 saturated heterocycles. The van der Waals surface area contributed by atoms with E-state index in [1.54, 1.807) is 6.07 Å². The number of para-hydroxylation sites is 1. The lowest BCUT2D eigenvalue weighted by Crippen LogP contribution is -1.90. The Morgan fingerprint density at radius 1 is 1.06 bits per heavy atom. The molecule has 0 aliphatic carbocycles. The zero-order valence-corrected chi connectivity index (χ0v) is 12.0. The number of benzene rings is 2. The molecule has 0 aliphatic rings. The fourth-order valence-electron chi connectivity index (χ4n) is 1.39. The Morgan fingerprint density at radius 2 is 1.82 bits per heavy atom. The van der Waals surface area contributed by atoms with Gasteiger partial charge in [-0.25, -0.2) is 4.39 Å². The Morgan fingerprint density at radius 3 is 2.59 bits per heavy atom. The molecule has 0 saturated carbocycles. The summed E-state index contributed by atoms with van der Waals surface area (Å²) >= 11 is 6.72. The molecule has 2 rings (SSSR count). The fraction of sp³-hybridized carbons (Fsp3) is 0.0769. The van der Waals surface area contributed by atoms with E-state index in [9.17, 15) is 4.39 Å². The van der Waals surface area contributed by atoms with Gasteiger partial charge in [-0.15, -0.1) is 0 Å². The normalized spacial score (nSPS) is 10.3. The van der Waals surface area contributed by atoms with Crippen molar-refractivity contribution in [1.82, 2.24) is 0 Å². The van der Waals surface area contributed by atoms with Crippen LogP contribution < -0.4 is 4.74 Å². The molecule has 1 nitrogen and oxygen atoms in total. The molecular formula is C13H9Br2FO. The Balaban J connectivity index is 2.34. The largest absolute Gasteiger partial charge is 0.456 e. The minimum absolute atomic E-state index is 0.320. The van der Waals surface area contributed by atoms with E-state index in [1.165, 1.54) is 12.1 Å². The topological polar surface area (TPSA) is 9.23 Å². The van der Waals surface area contributed by atoms with Crippen molar-refractivity contribution in [3.63, 3.8) is 0 Å². The number of halogens is 3. The molecular weight excluding hydrogens is 351 g/mol. The van der Waals surface area contributed by atoms with Crippen LogP contribution in [0.4, 0.5) is 4.39 Å². The molecule has 4 heteroatoms. The first-order valence-electron chi connectivity index (χ1n) is 4.97. The lowest BCUT2D eigenvalue weighted by Gasteiger charge is -2.10. The SMILES string of the molecule is Fc1ccc(Br)c(Oc2ccccc2CBr)c1. The van der Waals surface area contributed by atoms with Crippen molar-refractivity contribution in [2.75, 3.05) is 0 Å². The van der Waals surface area contributed by atoms with Crippen LogP contribution in [-0.4, -0.2) is 0 Å². The summed E-state index contributed by atoms with van der Waals surface area (Å²) in [5.74, 6) is 0.869. The summed E-state index contributed by atoms with van der Waals surface area (Å²) in [6.07, 6.45) is 0. The summed E-state index contributed by atoms with van der Waals surface area (Å²) in [5.41, 5.74) is 1.02. The number of rotatable bonds is 3. The highest BCUT2D eigenvalue weighted by Crippen LogP contribution is 2.32. The van der Waals surface area contributed by atoms with Crippen molar-refractivity contribution in [3.05, 3.63) is 58.3 Å². The molecule has 17 heavy (non-hydrogen) atoms. The van der Waals surface area contributed by atoms with Gasteiger partial charge in [-0.2, -0.15) is 0 Å². The standard InChI is InChI=1S/C13H9Br2FO/c14-8-9-3-1-2-4-12(9)17-13-7-10(16)5-6-11(13)15/h1-7H,8H2. The minimum Gasteiger partial charge on any atom is -0.456 e. The van der Waals surface area contributed by atoms with Crippen molar-refractivity contribution in [1.29, 1.82) is 0 Å². The van der Waals surface area contributed by atoms with Gasteiger partial charge in [-0.3, -0.25) is 0 Å². The second kappa shape index (κ2) is 5.65. The van der Waals surface area contributed by atoms with E-state index < -0.39 is 0 Å². The molecule has 2 aromatic carbocycles. The minimum atomic E-state index is -0.320. The van der Waals surface area contributed by atoms with Crippen LogP contribution in [0.25, 0.3) is 0 Å². The van der Waals surface area contributed by atoms with Crippen LogP contribution in [0, 0.1) is 5.82 Å². The van der Waals surface area contributed by atoms with Crippen molar-refractivity contribution in [3.8, 4) is 11.5 Å². The molecule has 0 heterocycles. The van der Waals surface area contributed by atoms with Gasteiger partial charge in [0.2, 0.25) is 0 Å². The van der Waals surface area contributed by atoms with E-state index in [4.69, 9.17) is 4.74 Å². The predicted molar refractivity (Wildman–Crippen MR) is 73.2 cm³/mol. The zero-order chi connectivity index (χ0) is 12.3. The van der Waals surface area contributed by atoms with Crippen LogP contribution in [0.5, 0.6) is 11.5 Å². The molecule has 0 spiro atoms. The molecule has 0 bridgehead atoms. The second-order valence-corrected chi connectivity index (χ2v) is 4.83. The molecule has 0 fully saturated rings. The van der Waals surface area contributed by atoms with Gasteiger partial charge in [-0.05, 0) is 34.1 Å². The highest BCUT2D eigenvalue weighted by molar-refractivity contribution is 9.10. The van der Waals surface area contributed by atoms with Crippen molar-refractivity contribution < 1.29 is 9.13 Å². The maximum atomic E-state index is 13.1. The van der Waals surface area contributed by atoms with Gasteiger partial charge in [-0.1, -0.05) is 34.1 Å². The summed E-state index contributed by atoms with van der Waals surface area (Å²) in [6.45, 7) is 0. The van der Waals surface area contributed by atoms with Crippen LogP contribution >= 0.6 is 31.9 Å². The van der Waals surface area contributed by atoms with Crippen LogP contribution in [0.15, 0.2) is 46.9 Å². The summed E-state index contributed by atoms with van der Waals surface area (Å²) in [4.78, 5) is 0. The Kier molecular flexibility index (Phi) is 4.18. The van der Waals surface area contributed by atoms with Crippen LogP contribution in [0.3, 0.4) is 0 Å². The number of hydrogen-bond acceptors (Lipinski definition) is 1. The maximum absolute atomic E-state index is 13.1. The number of alkyl halides is 1. The molecule has 0 aliphatic heterocycles. The third kappa shape index (κ3) is 3.07. The van der Waals surface area contributed by atoms with Gasteiger partial charge in [0.25, 0.3) is 0 Å². The summed E-state index contributed by atoms with van der Waals surface area (Å²) in [7, 11) is 0. The van der Waals surface area contributed by atoms with Gasteiger partial charge < -0.3 is 4.74 Å². The number of ether oxygens (including phenoxy) is 1. The van der Waals surface area contributed by atoms with Crippen molar-refractivity contribution in [2.45, 2.75) is 5.33 Å². The van der Waals surface area contributed by atoms with E-state index in [0.717, 1.165) is 15.8 Å². The van der Waals surface area contributed by atoms with Crippen molar-refractivity contribution >= 4 is 31.9 Å². The van der Waals surface area contributed by atoms with Crippen LogP contribution in [0.1, 0.15) is 5.56 Å². The third-order valence-electron chi connectivity index (χ3n) is 2.23. The molecule has 0 atom stereocenters. The van der Waals surface area contributed by atoms with Gasteiger partial charge in [0, 0.05) is 17.0 Å². The average Bonchev–Trinajstić information content (AvgIpc) is 2.34. The van der Waals surface area contributed by atoms with E-state index >= 15 is 0 Å². The van der Waals surface area contributed by atoms with Crippen LogP contribution in [0.2, 0.25) is 0 Å². The fourth-order valence-corrected chi connectivity index (χ4v) is 2.18. The van der Waals surface area contributed by atoms with Gasteiger partial charge in [0.15, 0.2) is 0 Å². The third-order valence-corrected chi connectivity index (χ3v) is 3.49. The summed E-state index contributed by atoms with van der Waals surface area (Å²) in [6, 6.07) is 12.0. The first kappa shape index (κ1) is 12.6. The van der Waals surface area contributed by atoms with E-state index in [0.29, 0.717) is 11.1 Å². The average molecular weight is 360 g/mol. The second-order valence-electron chi connectivity index (χ2n) is 3.42. The van der Waals surface area contributed by atoms with E-state index in [1.807, 2.05) is 24.3 Å². The summed E-state index contributed by atoms with van der Waals surface area (Å²) in [5, 5.41) is 0.691. The Hall–Kier alpha value is -0.870. The van der Waals surface area contributed by atoms with Gasteiger partial charge in [0.05, 0.1) is 4.47 Å². The predicted octanol–water partition coefficient (Wildman–Crippen LogP) is 5.28. The quantitative estimate of drug-likeness (QED) is 0.678. The first-order valence-corrected chi connectivity index (χ1v) is 6.89. The highest BCUT2D eigenvalue weighted by atomic mass is 79.9. The maximum Gasteiger partial charge on any atom is 0.144 e. The monoisotopic (exact) mass is 358 g/mol. The van der Waals surface area contributed by atoms with Crippen LogP contribution in [-0.2, 0) is 5.33 Å². The molecule has 0 N–H and O–H groups in total. The zero-order valence-electron chi connectivity index (χ0n) is 8.79. The molecule has 0 aromatic heterocycles. The summed E-state index contributed by atoms with van der Waals surface area (Å²) < 4.78 is 19.5. The first-order chi connectivity index (χ1) is 8.20. The van der Waals surface area contributed by atoms with Gasteiger partial charge >= 0.3 is 0 Å². The lowest BCUT2D eigenvalue weighted by molar-refractivity contribution is 0.470. The molecule has 88 valence electrons. The molecule has 0 unspecified atom stereocenters. The lowest BCUT2D eigenvalue weighted by atomic mass is 10.2. The Labute approximate surface area is 116 Å². The smallest absolute Gasteiger partial charge is 0.144 e. The van der Waals surface area contributed by atoms with E-state index in [-0.39, 0.29) is 5.82 Å². The van der Waals surface area contributed by atoms with Gasteiger partial charge in [0.1, 0.15) is 17.3 Å². The molecule has 2 aromatic rings. The molecule has 0 radical (unpaired) electrons.